The first kappa shape index (κ1) is 18.7. The number of hydrogen-bond donors (Lipinski definition) is 0. The molecule has 78 valence electrons. The van der Waals surface area contributed by atoms with Gasteiger partial charge in [-0.3, -0.25) is 4.90 Å². The van der Waals surface area contributed by atoms with E-state index in [9.17, 15) is 0 Å². The second kappa shape index (κ2) is 8.56. The standard InChI is InChI=1S/C8H20NP.2ClH/c1-6(2)9(7(3)4)8(5)10;;/h6-8H,10H2,1-5H3;2*1H. The van der Waals surface area contributed by atoms with Gasteiger partial charge in [-0.1, -0.05) is 0 Å². The maximum atomic E-state index is 2.84. The lowest BCUT2D eigenvalue weighted by atomic mass is 10.2. The first-order valence-corrected chi connectivity index (χ1v) is 4.66. The SMILES string of the molecule is CC(C)N(C(C)C)C(C)P.Cl.Cl. The predicted molar refractivity (Wildman–Crippen MR) is 65.8 cm³/mol. The topological polar surface area (TPSA) is 3.24 Å². The van der Waals surface area contributed by atoms with Crippen molar-refractivity contribution in [2.45, 2.75) is 52.5 Å². The molecule has 0 saturated heterocycles. The van der Waals surface area contributed by atoms with E-state index >= 15 is 0 Å². The van der Waals surface area contributed by atoms with Crippen LogP contribution in [0.2, 0.25) is 0 Å². The van der Waals surface area contributed by atoms with Gasteiger partial charge < -0.3 is 0 Å². The third-order valence-corrected chi connectivity index (χ3v) is 2.01. The summed E-state index contributed by atoms with van der Waals surface area (Å²) in [7, 11) is 2.84. The van der Waals surface area contributed by atoms with Crippen molar-refractivity contribution in [3.8, 4) is 0 Å². The highest BCUT2D eigenvalue weighted by Gasteiger charge is 2.15. The zero-order valence-corrected chi connectivity index (χ0v) is 11.4. The van der Waals surface area contributed by atoms with Crippen LogP contribution in [-0.4, -0.2) is 22.8 Å². The maximum absolute atomic E-state index is 2.84. The molecule has 0 saturated carbocycles. The Balaban J connectivity index is -0.000000405. The molecule has 0 bridgehead atoms. The summed E-state index contributed by atoms with van der Waals surface area (Å²) in [5.74, 6) is 0.583. The molecule has 0 N–H and O–H groups in total. The fourth-order valence-corrected chi connectivity index (χ4v) is 2.23. The monoisotopic (exact) mass is 233 g/mol. The summed E-state index contributed by atoms with van der Waals surface area (Å²) in [6.45, 7) is 11.2. The molecule has 2 atom stereocenters. The summed E-state index contributed by atoms with van der Waals surface area (Å²) in [6.07, 6.45) is 0. The van der Waals surface area contributed by atoms with E-state index in [4.69, 9.17) is 0 Å². The van der Waals surface area contributed by atoms with Gasteiger partial charge in [0.25, 0.3) is 0 Å². The predicted octanol–water partition coefficient (Wildman–Crippen LogP) is 3.17. The van der Waals surface area contributed by atoms with Crippen molar-refractivity contribution < 1.29 is 0 Å². The van der Waals surface area contributed by atoms with Crippen molar-refractivity contribution in [2.75, 3.05) is 0 Å². The zero-order chi connectivity index (χ0) is 8.31. The molecule has 0 radical (unpaired) electrons. The third-order valence-electron chi connectivity index (χ3n) is 1.66. The Morgan fingerprint density at radius 3 is 1.08 bits per heavy atom. The Morgan fingerprint density at radius 1 is 0.833 bits per heavy atom. The molecule has 0 aromatic rings. The number of nitrogens with zero attached hydrogens (tertiary/aromatic N) is 1. The summed E-state index contributed by atoms with van der Waals surface area (Å²) >= 11 is 0. The Morgan fingerprint density at radius 2 is 1.08 bits per heavy atom. The van der Waals surface area contributed by atoms with Crippen LogP contribution < -0.4 is 0 Å². The van der Waals surface area contributed by atoms with E-state index in [2.05, 4.69) is 48.8 Å². The van der Waals surface area contributed by atoms with Crippen LogP contribution in [0.4, 0.5) is 0 Å². The van der Waals surface area contributed by atoms with E-state index in [0.29, 0.717) is 17.9 Å². The molecule has 0 spiro atoms. The van der Waals surface area contributed by atoms with Crippen LogP contribution in [0.3, 0.4) is 0 Å². The molecule has 0 amide bonds. The maximum Gasteiger partial charge on any atom is 0.0216 e. The van der Waals surface area contributed by atoms with Crippen LogP contribution in [0.5, 0.6) is 0 Å². The molecule has 0 fully saturated rings. The zero-order valence-electron chi connectivity index (χ0n) is 8.57. The number of hydrogen-bond acceptors (Lipinski definition) is 1. The molecule has 0 aliphatic carbocycles. The van der Waals surface area contributed by atoms with Gasteiger partial charge in [0.2, 0.25) is 0 Å². The molecule has 0 aliphatic heterocycles. The first-order chi connectivity index (χ1) is 4.46. The summed E-state index contributed by atoms with van der Waals surface area (Å²) in [5.41, 5.74) is 0. The van der Waals surface area contributed by atoms with Gasteiger partial charge >= 0.3 is 0 Å². The minimum Gasteiger partial charge on any atom is -0.293 e. The van der Waals surface area contributed by atoms with Crippen molar-refractivity contribution in [1.29, 1.82) is 0 Å². The van der Waals surface area contributed by atoms with Crippen LogP contribution in [0.15, 0.2) is 0 Å². The van der Waals surface area contributed by atoms with Gasteiger partial charge in [-0.15, -0.1) is 34.1 Å². The third kappa shape index (κ3) is 6.48. The lowest BCUT2D eigenvalue weighted by Gasteiger charge is -2.33. The molecule has 0 aromatic carbocycles. The highest BCUT2D eigenvalue weighted by Crippen LogP contribution is 2.14. The van der Waals surface area contributed by atoms with Crippen molar-refractivity contribution >= 4 is 34.1 Å². The van der Waals surface area contributed by atoms with Crippen LogP contribution in [0, 0.1) is 0 Å². The Kier molecular flexibility index (Phi) is 13.3. The number of rotatable bonds is 3. The molecule has 1 nitrogen and oxygen atoms in total. The summed E-state index contributed by atoms with van der Waals surface area (Å²) in [6, 6.07) is 1.29. The van der Waals surface area contributed by atoms with E-state index < -0.39 is 0 Å². The minimum atomic E-state index is 0. The van der Waals surface area contributed by atoms with Gasteiger partial charge in [-0.05, 0) is 34.6 Å². The quantitative estimate of drug-likeness (QED) is 0.678. The van der Waals surface area contributed by atoms with Crippen LogP contribution in [0.25, 0.3) is 0 Å². The normalized spacial score (nSPS) is 12.8. The van der Waals surface area contributed by atoms with Gasteiger partial charge in [0.1, 0.15) is 0 Å². The largest absolute Gasteiger partial charge is 0.293 e. The number of halogens is 2. The average Bonchev–Trinajstić information content (AvgIpc) is 1.59. The van der Waals surface area contributed by atoms with Crippen molar-refractivity contribution in [2.24, 2.45) is 0 Å². The second-order valence-electron chi connectivity index (χ2n) is 3.38. The van der Waals surface area contributed by atoms with Gasteiger partial charge in [0.05, 0.1) is 0 Å². The second-order valence-corrected chi connectivity index (χ2v) is 4.34. The highest BCUT2D eigenvalue weighted by molar-refractivity contribution is 7.17. The van der Waals surface area contributed by atoms with Crippen molar-refractivity contribution in [3.63, 3.8) is 0 Å². The van der Waals surface area contributed by atoms with E-state index in [1.807, 2.05) is 0 Å². The lowest BCUT2D eigenvalue weighted by molar-refractivity contribution is 0.167. The van der Waals surface area contributed by atoms with E-state index in [1.165, 1.54) is 0 Å². The van der Waals surface area contributed by atoms with Gasteiger partial charge in [0.15, 0.2) is 0 Å². The highest BCUT2D eigenvalue weighted by atomic mass is 35.5. The van der Waals surface area contributed by atoms with Crippen molar-refractivity contribution in [3.05, 3.63) is 0 Å². The molecule has 0 rings (SSSR count). The van der Waals surface area contributed by atoms with Gasteiger partial charge in [-0.2, -0.15) is 0 Å². The molecule has 12 heavy (non-hydrogen) atoms. The molecule has 0 aromatic heterocycles. The molecular weight excluding hydrogens is 212 g/mol. The molecule has 2 unspecified atom stereocenters. The summed E-state index contributed by atoms with van der Waals surface area (Å²) < 4.78 is 0. The van der Waals surface area contributed by atoms with E-state index in [-0.39, 0.29) is 24.8 Å². The summed E-state index contributed by atoms with van der Waals surface area (Å²) in [4.78, 5) is 2.46. The molecule has 0 heterocycles. The van der Waals surface area contributed by atoms with E-state index in [0.717, 1.165) is 0 Å². The Bertz CT molecular complexity index is 78.0. The van der Waals surface area contributed by atoms with Crippen LogP contribution in [0.1, 0.15) is 34.6 Å². The van der Waals surface area contributed by atoms with Crippen molar-refractivity contribution in [1.82, 2.24) is 4.90 Å². The summed E-state index contributed by atoms with van der Waals surface area (Å²) in [5, 5.41) is 0. The minimum absolute atomic E-state index is 0. The van der Waals surface area contributed by atoms with Gasteiger partial charge in [0, 0.05) is 17.9 Å². The van der Waals surface area contributed by atoms with Crippen LogP contribution >= 0.6 is 34.1 Å². The van der Waals surface area contributed by atoms with Gasteiger partial charge in [-0.25, -0.2) is 0 Å². The Hall–Kier alpha value is 0.970. The van der Waals surface area contributed by atoms with Crippen LogP contribution in [-0.2, 0) is 0 Å². The van der Waals surface area contributed by atoms with E-state index in [1.54, 1.807) is 0 Å². The molecular formula is C8H22Cl2NP. The average molecular weight is 234 g/mol. The fraction of sp³-hybridized carbons (Fsp3) is 1.00. The fourth-order valence-electron chi connectivity index (χ4n) is 1.54. The lowest BCUT2D eigenvalue weighted by Crippen LogP contribution is -2.40. The first-order valence-electron chi connectivity index (χ1n) is 3.99. The Labute approximate surface area is 91.7 Å². The smallest absolute Gasteiger partial charge is 0.0216 e. The molecule has 0 aliphatic rings. The molecule has 4 heteroatoms.